The first kappa shape index (κ1) is 13.6. The number of fused-ring (bicyclic) bond motifs is 1. The molecular formula is C15H22N4S. The van der Waals surface area contributed by atoms with E-state index in [1.54, 1.807) is 11.3 Å². The molecule has 3 rings (SSSR count). The number of nitrogens with one attached hydrogen (secondary N) is 1. The lowest BCUT2D eigenvalue weighted by Crippen LogP contribution is -2.34. The lowest BCUT2D eigenvalue weighted by atomic mass is 9.92. The van der Waals surface area contributed by atoms with Crippen molar-refractivity contribution in [2.45, 2.75) is 32.6 Å². The van der Waals surface area contributed by atoms with Crippen molar-refractivity contribution in [1.29, 1.82) is 0 Å². The maximum Gasteiger partial charge on any atom is 0.225 e. The molecule has 0 saturated carbocycles. The minimum Gasteiger partial charge on any atom is -0.357 e. The third-order valence-corrected chi connectivity index (χ3v) is 4.95. The highest BCUT2D eigenvalue weighted by Crippen LogP contribution is 2.32. The van der Waals surface area contributed by atoms with Crippen LogP contribution < -0.4 is 10.2 Å². The Labute approximate surface area is 124 Å². The fraction of sp³-hybridized carbons (Fsp3) is 0.600. The van der Waals surface area contributed by atoms with E-state index in [1.165, 1.54) is 31.1 Å². The third-order valence-electron chi connectivity index (χ3n) is 4.14. The molecule has 1 aliphatic rings. The largest absolute Gasteiger partial charge is 0.357 e. The lowest BCUT2D eigenvalue weighted by molar-refractivity contribution is 0.378. The molecule has 2 aromatic heterocycles. The monoisotopic (exact) mass is 290 g/mol. The number of hydrogen-bond donors (Lipinski definition) is 1. The number of nitrogens with zero attached hydrogens (tertiary/aromatic N) is 3. The summed E-state index contributed by atoms with van der Waals surface area (Å²) in [6, 6.07) is 2.15. The van der Waals surface area contributed by atoms with Gasteiger partial charge in [-0.1, -0.05) is 19.8 Å². The summed E-state index contributed by atoms with van der Waals surface area (Å²) in [5.41, 5.74) is 0. The van der Waals surface area contributed by atoms with Crippen LogP contribution in [0.15, 0.2) is 11.4 Å². The zero-order valence-corrected chi connectivity index (χ0v) is 13.0. The van der Waals surface area contributed by atoms with Crippen molar-refractivity contribution in [3.05, 3.63) is 11.4 Å². The molecule has 4 nitrogen and oxygen atoms in total. The zero-order valence-electron chi connectivity index (χ0n) is 12.2. The molecule has 3 heterocycles. The molecule has 108 valence electrons. The van der Waals surface area contributed by atoms with Crippen LogP contribution in [0.25, 0.3) is 10.2 Å². The Balaban J connectivity index is 1.85. The normalized spacial score (nSPS) is 16.8. The Morgan fingerprint density at radius 1 is 1.35 bits per heavy atom. The van der Waals surface area contributed by atoms with Crippen LogP contribution in [0.1, 0.15) is 32.6 Å². The maximum atomic E-state index is 4.70. The van der Waals surface area contributed by atoms with Crippen LogP contribution in [0.5, 0.6) is 0 Å². The van der Waals surface area contributed by atoms with Gasteiger partial charge < -0.3 is 10.2 Å². The van der Waals surface area contributed by atoms with Gasteiger partial charge in [-0.2, -0.15) is 4.98 Å². The van der Waals surface area contributed by atoms with Crippen LogP contribution in [0, 0.1) is 5.92 Å². The van der Waals surface area contributed by atoms with E-state index < -0.39 is 0 Å². The van der Waals surface area contributed by atoms with Gasteiger partial charge in [0.1, 0.15) is 10.6 Å². The second-order valence-corrected chi connectivity index (χ2v) is 6.37. The average Bonchev–Trinajstić information content (AvgIpc) is 2.95. The van der Waals surface area contributed by atoms with Crippen LogP contribution >= 0.6 is 11.3 Å². The fourth-order valence-corrected chi connectivity index (χ4v) is 3.79. The first-order valence-corrected chi connectivity index (χ1v) is 8.37. The van der Waals surface area contributed by atoms with Gasteiger partial charge in [-0.05, 0) is 30.2 Å². The van der Waals surface area contributed by atoms with Gasteiger partial charge in [-0.3, -0.25) is 0 Å². The maximum absolute atomic E-state index is 4.70. The molecule has 1 aliphatic heterocycles. The Morgan fingerprint density at radius 2 is 2.15 bits per heavy atom. The minimum atomic E-state index is 0.727. The Hall–Kier alpha value is -1.36. The van der Waals surface area contributed by atoms with Gasteiger partial charge in [0.25, 0.3) is 0 Å². The van der Waals surface area contributed by atoms with E-state index in [9.17, 15) is 0 Å². The van der Waals surface area contributed by atoms with E-state index >= 15 is 0 Å². The van der Waals surface area contributed by atoms with E-state index in [1.807, 2.05) is 7.05 Å². The van der Waals surface area contributed by atoms with E-state index in [0.717, 1.165) is 35.6 Å². The van der Waals surface area contributed by atoms with Crippen molar-refractivity contribution in [1.82, 2.24) is 9.97 Å². The van der Waals surface area contributed by atoms with Crippen molar-refractivity contribution in [3.63, 3.8) is 0 Å². The Bertz CT molecular complexity index is 572. The molecule has 1 fully saturated rings. The van der Waals surface area contributed by atoms with Gasteiger partial charge in [-0.25, -0.2) is 4.98 Å². The number of hydrogen-bond acceptors (Lipinski definition) is 5. The Kier molecular flexibility index (Phi) is 4.05. The second-order valence-electron chi connectivity index (χ2n) is 5.48. The first-order valence-electron chi connectivity index (χ1n) is 7.49. The fourth-order valence-electron chi connectivity index (χ4n) is 3.03. The van der Waals surface area contributed by atoms with E-state index in [0.29, 0.717) is 0 Å². The molecule has 0 aromatic carbocycles. The molecule has 0 atom stereocenters. The van der Waals surface area contributed by atoms with Crippen molar-refractivity contribution in [2.24, 2.45) is 5.92 Å². The molecule has 0 radical (unpaired) electrons. The standard InChI is InChI=1S/C15H22N4S/c1-3-4-11-5-8-19(9-6-11)13-12-7-10-20-14(12)18-15(16-2)17-13/h7,10-11H,3-6,8-9H2,1-2H3,(H,16,17,18). The summed E-state index contributed by atoms with van der Waals surface area (Å²) < 4.78 is 0. The van der Waals surface area contributed by atoms with Gasteiger partial charge in [-0.15, -0.1) is 11.3 Å². The molecule has 0 spiro atoms. The van der Waals surface area contributed by atoms with Crippen LogP contribution in [0.2, 0.25) is 0 Å². The molecule has 2 aromatic rings. The summed E-state index contributed by atoms with van der Waals surface area (Å²) in [7, 11) is 1.88. The third kappa shape index (κ3) is 2.59. The highest BCUT2D eigenvalue weighted by atomic mass is 32.1. The lowest BCUT2D eigenvalue weighted by Gasteiger charge is -2.33. The molecule has 5 heteroatoms. The van der Waals surface area contributed by atoms with Gasteiger partial charge in [0.2, 0.25) is 5.95 Å². The van der Waals surface area contributed by atoms with Gasteiger partial charge >= 0.3 is 0 Å². The molecule has 1 saturated heterocycles. The van der Waals surface area contributed by atoms with E-state index in [2.05, 4.69) is 33.6 Å². The highest BCUT2D eigenvalue weighted by molar-refractivity contribution is 7.16. The molecule has 0 bridgehead atoms. The predicted octanol–water partition coefficient (Wildman–Crippen LogP) is 3.75. The number of aromatic nitrogens is 2. The average molecular weight is 290 g/mol. The number of piperidine rings is 1. The summed E-state index contributed by atoms with van der Waals surface area (Å²) >= 11 is 1.69. The van der Waals surface area contributed by atoms with E-state index in [-0.39, 0.29) is 0 Å². The summed E-state index contributed by atoms with van der Waals surface area (Å²) in [6.07, 6.45) is 5.25. The van der Waals surface area contributed by atoms with Crippen molar-refractivity contribution in [2.75, 3.05) is 30.4 Å². The van der Waals surface area contributed by atoms with E-state index in [4.69, 9.17) is 4.98 Å². The van der Waals surface area contributed by atoms with Crippen molar-refractivity contribution >= 4 is 33.3 Å². The number of anilines is 2. The first-order chi connectivity index (χ1) is 9.81. The van der Waals surface area contributed by atoms with Gasteiger partial charge in [0, 0.05) is 20.1 Å². The Morgan fingerprint density at radius 3 is 2.85 bits per heavy atom. The summed E-state index contributed by atoms with van der Waals surface area (Å²) in [6.45, 7) is 4.52. The smallest absolute Gasteiger partial charge is 0.225 e. The van der Waals surface area contributed by atoms with Crippen molar-refractivity contribution < 1.29 is 0 Å². The molecular weight excluding hydrogens is 268 g/mol. The summed E-state index contributed by atoms with van der Waals surface area (Å²) in [4.78, 5) is 12.7. The topological polar surface area (TPSA) is 41.1 Å². The summed E-state index contributed by atoms with van der Waals surface area (Å²) in [5, 5.41) is 6.38. The highest BCUT2D eigenvalue weighted by Gasteiger charge is 2.22. The zero-order chi connectivity index (χ0) is 13.9. The van der Waals surface area contributed by atoms with Gasteiger partial charge in [0.05, 0.1) is 5.39 Å². The minimum absolute atomic E-state index is 0.727. The van der Waals surface area contributed by atoms with Crippen LogP contribution in [0.4, 0.5) is 11.8 Å². The molecule has 0 amide bonds. The van der Waals surface area contributed by atoms with Gasteiger partial charge in [0.15, 0.2) is 0 Å². The van der Waals surface area contributed by atoms with Crippen LogP contribution in [-0.4, -0.2) is 30.1 Å². The van der Waals surface area contributed by atoms with Crippen LogP contribution in [-0.2, 0) is 0 Å². The second kappa shape index (κ2) is 5.95. The number of rotatable bonds is 4. The van der Waals surface area contributed by atoms with Crippen LogP contribution in [0.3, 0.4) is 0 Å². The molecule has 1 N–H and O–H groups in total. The number of thiophene rings is 1. The molecule has 0 aliphatic carbocycles. The predicted molar refractivity (Wildman–Crippen MR) is 86.8 cm³/mol. The molecule has 20 heavy (non-hydrogen) atoms. The van der Waals surface area contributed by atoms with Crippen molar-refractivity contribution in [3.8, 4) is 0 Å². The quantitative estimate of drug-likeness (QED) is 0.931. The molecule has 0 unspecified atom stereocenters. The summed E-state index contributed by atoms with van der Waals surface area (Å²) in [5.74, 6) is 2.74. The SMILES string of the molecule is CCCC1CCN(c2nc(NC)nc3sccc23)CC1.